The minimum absolute atomic E-state index is 0.0200. The third-order valence-corrected chi connectivity index (χ3v) is 5.26. The fourth-order valence-corrected chi connectivity index (χ4v) is 3.81. The van der Waals surface area contributed by atoms with E-state index in [0.717, 1.165) is 0 Å². The second kappa shape index (κ2) is 6.40. The number of sulfonamides is 1. The quantitative estimate of drug-likeness (QED) is 0.808. The fraction of sp³-hybridized carbons (Fsp3) is 0.538. The Morgan fingerprint density at radius 1 is 1.48 bits per heavy atom. The van der Waals surface area contributed by atoms with E-state index in [0.29, 0.717) is 19.4 Å². The molecule has 1 aromatic rings. The lowest BCUT2D eigenvalue weighted by atomic mass is 10.0. The third-order valence-electron chi connectivity index (χ3n) is 3.40. The number of hydrogen-bond acceptors (Lipinski definition) is 5. The van der Waals surface area contributed by atoms with E-state index in [1.54, 1.807) is 6.92 Å². The summed E-state index contributed by atoms with van der Waals surface area (Å²) in [5, 5.41) is 0. The number of pyridine rings is 1. The van der Waals surface area contributed by atoms with Crippen molar-refractivity contribution in [2.45, 2.75) is 24.7 Å². The highest BCUT2D eigenvalue weighted by molar-refractivity contribution is 7.89. The zero-order chi connectivity index (χ0) is 15.5. The predicted octanol–water partition coefficient (Wildman–Crippen LogP) is 0.339. The van der Waals surface area contributed by atoms with Gasteiger partial charge in [0.25, 0.3) is 0 Å². The van der Waals surface area contributed by atoms with Gasteiger partial charge >= 0.3 is 5.97 Å². The van der Waals surface area contributed by atoms with Gasteiger partial charge in [-0.25, -0.2) is 8.42 Å². The fourth-order valence-electron chi connectivity index (χ4n) is 2.32. The molecule has 1 N–H and O–H groups in total. The van der Waals surface area contributed by atoms with Gasteiger partial charge in [-0.05, 0) is 25.8 Å². The first-order chi connectivity index (χ1) is 9.95. The minimum atomic E-state index is -3.70. The van der Waals surface area contributed by atoms with Crippen molar-refractivity contribution >= 4 is 16.0 Å². The molecule has 0 bridgehead atoms. The van der Waals surface area contributed by atoms with Gasteiger partial charge in [-0.2, -0.15) is 4.31 Å². The first-order valence-corrected chi connectivity index (χ1v) is 8.24. The van der Waals surface area contributed by atoms with Crippen LogP contribution in [0.25, 0.3) is 0 Å². The van der Waals surface area contributed by atoms with Crippen molar-refractivity contribution < 1.29 is 17.9 Å². The Bertz CT molecular complexity index is 647. The maximum Gasteiger partial charge on any atom is 0.310 e. The summed E-state index contributed by atoms with van der Waals surface area (Å²) in [7, 11) is -3.70. The van der Waals surface area contributed by atoms with Gasteiger partial charge in [0, 0.05) is 25.4 Å². The molecule has 21 heavy (non-hydrogen) atoms. The normalized spacial score (nSPS) is 20.1. The first-order valence-electron chi connectivity index (χ1n) is 6.80. The molecule has 2 rings (SSSR count). The van der Waals surface area contributed by atoms with Crippen LogP contribution < -0.4 is 5.56 Å². The van der Waals surface area contributed by atoms with E-state index in [-0.39, 0.29) is 29.6 Å². The zero-order valence-corrected chi connectivity index (χ0v) is 12.6. The number of nitrogens with one attached hydrogen (secondary N) is 1. The lowest BCUT2D eigenvalue weighted by Crippen LogP contribution is -2.42. The van der Waals surface area contributed by atoms with Crippen LogP contribution in [-0.2, 0) is 19.6 Å². The van der Waals surface area contributed by atoms with Crippen LogP contribution in [0.4, 0.5) is 0 Å². The second-order valence-electron chi connectivity index (χ2n) is 4.84. The van der Waals surface area contributed by atoms with Crippen molar-refractivity contribution in [1.29, 1.82) is 0 Å². The Kier molecular flexibility index (Phi) is 4.79. The average molecular weight is 314 g/mol. The number of H-pyrrole nitrogens is 1. The molecular weight excluding hydrogens is 296 g/mol. The molecule has 7 nitrogen and oxygen atoms in total. The molecule has 1 aliphatic heterocycles. The molecule has 0 aromatic carbocycles. The van der Waals surface area contributed by atoms with Gasteiger partial charge < -0.3 is 9.72 Å². The van der Waals surface area contributed by atoms with Crippen molar-refractivity contribution in [2.75, 3.05) is 19.7 Å². The summed E-state index contributed by atoms with van der Waals surface area (Å²) in [5.41, 5.74) is -0.364. The number of piperidine rings is 1. The summed E-state index contributed by atoms with van der Waals surface area (Å²) in [6.45, 7) is 2.47. The van der Waals surface area contributed by atoms with E-state index in [1.165, 1.54) is 22.6 Å². The maximum atomic E-state index is 12.5. The van der Waals surface area contributed by atoms with Crippen LogP contribution in [0.1, 0.15) is 19.8 Å². The Balaban J connectivity index is 2.18. The summed E-state index contributed by atoms with van der Waals surface area (Å²) in [6.07, 6.45) is 2.40. The molecule has 1 fully saturated rings. The number of ether oxygens (including phenoxy) is 1. The topological polar surface area (TPSA) is 96.5 Å². The van der Waals surface area contributed by atoms with Crippen LogP contribution in [0.2, 0.25) is 0 Å². The number of hydrogen-bond donors (Lipinski definition) is 1. The smallest absolute Gasteiger partial charge is 0.310 e. The van der Waals surface area contributed by atoms with E-state index >= 15 is 0 Å². The van der Waals surface area contributed by atoms with E-state index in [9.17, 15) is 18.0 Å². The number of aromatic nitrogens is 1. The van der Waals surface area contributed by atoms with Crippen molar-refractivity contribution in [3.63, 3.8) is 0 Å². The molecule has 8 heteroatoms. The Morgan fingerprint density at radius 2 is 2.24 bits per heavy atom. The SMILES string of the molecule is CCOC(=O)C1CCCN(S(=O)(=O)c2ccc(=O)[nH]c2)C1. The van der Waals surface area contributed by atoms with Crippen molar-refractivity contribution in [1.82, 2.24) is 9.29 Å². The van der Waals surface area contributed by atoms with Gasteiger partial charge in [0.1, 0.15) is 0 Å². The molecule has 0 amide bonds. The average Bonchev–Trinajstić information content (AvgIpc) is 2.48. The highest BCUT2D eigenvalue weighted by atomic mass is 32.2. The Labute approximate surface area is 123 Å². The minimum Gasteiger partial charge on any atom is -0.466 e. The van der Waals surface area contributed by atoms with Crippen LogP contribution in [0, 0.1) is 5.92 Å². The van der Waals surface area contributed by atoms with Crippen LogP contribution in [0.15, 0.2) is 28.0 Å². The molecule has 1 aliphatic rings. The molecule has 1 unspecified atom stereocenters. The molecule has 2 heterocycles. The monoisotopic (exact) mass is 314 g/mol. The van der Waals surface area contributed by atoms with Crippen molar-refractivity contribution in [2.24, 2.45) is 5.92 Å². The number of esters is 1. The van der Waals surface area contributed by atoms with Gasteiger partial charge in [-0.15, -0.1) is 0 Å². The first kappa shape index (κ1) is 15.7. The molecule has 1 aromatic heterocycles. The number of aromatic amines is 1. The van der Waals surface area contributed by atoms with E-state index < -0.39 is 15.9 Å². The van der Waals surface area contributed by atoms with Gasteiger partial charge in [-0.1, -0.05) is 0 Å². The number of nitrogens with zero attached hydrogens (tertiary/aromatic N) is 1. The van der Waals surface area contributed by atoms with Crippen LogP contribution in [-0.4, -0.2) is 43.4 Å². The molecule has 0 radical (unpaired) electrons. The van der Waals surface area contributed by atoms with Gasteiger partial charge in [0.05, 0.1) is 17.4 Å². The van der Waals surface area contributed by atoms with Crippen LogP contribution >= 0.6 is 0 Å². The zero-order valence-electron chi connectivity index (χ0n) is 11.7. The van der Waals surface area contributed by atoms with Crippen molar-refractivity contribution in [3.8, 4) is 0 Å². The largest absolute Gasteiger partial charge is 0.466 e. The van der Waals surface area contributed by atoms with Gasteiger partial charge in [0.2, 0.25) is 15.6 Å². The molecule has 0 spiro atoms. The van der Waals surface area contributed by atoms with E-state index in [4.69, 9.17) is 4.74 Å². The summed E-state index contributed by atoms with van der Waals surface area (Å²) >= 11 is 0. The maximum absolute atomic E-state index is 12.5. The molecular formula is C13H18N2O5S. The van der Waals surface area contributed by atoms with Crippen LogP contribution in [0.5, 0.6) is 0 Å². The number of carbonyl (C=O) groups is 1. The highest BCUT2D eigenvalue weighted by Crippen LogP contribution is 2.23. The van der Waals surface area contributed by atoms with Crippen molar-refractivity contribution in [3.05, 3.63) is 28.7 Å². The molecule has 0 saturated carbocycles. The van der Waals surface area contributed by atoms with Crippen LogP contribution in [0.3, 0.4) is 0 Å². The molecule has 1 atom stereocenters. The van der Waals surface area contributed by atoms with E-state index in [2.05, 4.69) is 4.98 Å². The number of rotatable bonds is 4. The lowest BCUT2D eigenvalue weighted by molar-refractivity contribution is -0.149. The Hall–Kier alpha value is -1.67. The van der Waals surface area contributed by atoms with Gasteiger partial charge in [0.15, 0.2) is 0 Å². The summed E-state index contributed by atoms with van der Waals surface area (Å²) in [5.74, 6) is -0.796. The summed E-state index contributed by atoms with van der Waals surface area (Å²) in [6, 6.07) is 2.43. The summed E-state index contributed by atoms with van der Waals surface area (Å²) < 4.78 is 31.2. The third kappa shape index (κ3) is 3.51. The predicted molar refractivity (Wildman–Crippen MR) is 75.2 cm³/mol. The second-order valence-corrected chi connectivity index (χ2v) is 6.78. The Morgan fingerprint density at radius 3 is 2.86 bits per heavy atom. The number of carbonyl (C=O) groups excluding carboxylic acids is 1. The van der Waals surface area contributed by atoms with E-state index in [1.807, 2.05) is 0 Å². The lowest BCUT2D eigenvalue weighted by Gasteiger charge is -2.30. The summed E-state index contributed by atoms with van der Waals surface area (Å²) in [4.78, 5) is 25.1. The molecule has 116 valence electrons. The highest BCUT2D eigenvalue weighted by Gasteiger charge is 2.33. The standard InChI is InChI=1S/C13H18N2O5S/c1-2-20-13(17)10-4-3-7-15(9-10)21(18,19)11-5-6-12(16)14-8-11/h5-6,8,10H,2-4,7,9H2,1H3,(H,14,16). The molecule has 0 aliphatic carbocycles. The van der Waals surface area contributed by atoms with Gasteiger partial charge in [-0.3, -0.25) is 9.59 Å². The molecule has 1 saturated heterocycles.